The molecule has 0 aliphatic heterocycles. The molecule has 6 aromatic rings. The van der Waals surface area contributed by atoms with E-state index in [1.807, 2.05) is 37.3 Å². The van der Waals surface area contributed by atoms with Crippen molar-refractivity contribution in [3.8, 4) is 11.1 Å². The maximum Gasteiger partial charge on any atom is 0.344 e. The van der Waals surface area contributed by atoms with Gasteiger partial charge in [0.2, 0.25) is 0 Å². The predicted octanol–water partition coefficient (Wildman–Crippen LogP) is 6.82. The second-order valence-electron chi connectivity index (χ2n) is 7.40. The minimum absolute atomic E-state index is 0.322. The monoisotopic (exact) mass is 376 g/mol. The quantitative estimate of drug-likeness (QED) is 0.233. The van der Waals surface area contributed by atoms with Gasteiger partial charge in [0.15, 0.2) is 0 Å². The van der Waals surface area contributed by atoms with Gasteiger partial charge in [0.1, 0.15) is 11.2 Å². The molecule has 0 fully saturated rings. The number of furan rings is 1. The molecular formula is C26H16O3. The topological polar surface area (TPSA) is 43.4 Å². The van der Waals surface area contributed by atoms with E-state index in [-0.39, 0.29) is 5.63 Å². The van der Waals surface area contributed by atoms with Crippen molar-refractivity contribution >= 4 is 43.5 Å². The zero-order valence-electron chi connectivity index (χ0n) is 15.7. The highest BCUT2D eigenvalue weighted by Crippen LogP contribution is 2.38. The molecule has 0 N–H and O–H groups in total. The summed E-state index contributed by atoms with van der Waals surface area (Å²) in [5.74, 6) is 0. The number of hydrogen-bond donors (Lipinski definition) is 0. The van der Waals surface area contributed by atoms with E-state index in [2.05, 4.69) is 36.4 Å². The summed E-state index contributed by atoms with van der Waals surface area (Å²) in [5.41, 5.74) is 3.98. The molecule has 138 valence electrons. The van der Waals surface area contributed by atoms with E-state index in [1.165, 1.54) is 10.8 Å². The van der Waals surface area contributed by atoms with Gasteiger partial charge in [-0.2, -0.15) is 0 Å². The molecule has 0 saturated heterocycles. The molecule has 4 aromatic carbocycles. The fourth-order valence-corrected chi connectivity index (χ4v) is 4.27. The van der Waals surface area contributed by atoms with Gasteiger partial charge < -0.3 is 8.83 Å². The molecule has 0 atom stereocenters. The summed E-state index contributed by atoms with van der Waals surface area (Å²) >= 11 is 0. The van der Waals surface area contributed by atoms with Crippen molar-refractivity contribution in [2.24, 2.45) is 0 Å². The highest BCUT2D eigenvalue weighted by Gasteiger charge is 2.17. The van der Waals surface area contributed by atoms with Crippen LogP contribution < -0.4 is 5.63 Å². The smallest absolute Gasteiger partial charge is 0.344 e. The molecule has 6 rings (SSSR count). The molecule has 2 heterocycles. The van der Waals surface area contributed by atoms with Crippen LogP contribution in [0.3, 0.4) is 0 Å². The van der Waals surface area contributed by atoms with E-state index in [0.717, 1.165) is 38.4 Å². The third-order valence-electron chi connectivity index (χ3n) is 5.74. The molecule has 0 aliphatic rings. The highest BCUT2D eigenvalue weighted by atomic mass is 16.4. The fourth-order valence-electron chi connectivity index (χ4n) is 4.27. The first kappa shape index (κ1) is 16.1. The zero-order valence-corrected chi connectivity index (χ0v) is 15.7. The van der Waals surface area contributed by atoms with Crippen LogP contribution in [0.5, 0.6) is 0 Å². The SMILES string of the molecule is Cc1c2occ(-c3ccc4ccccc4c3)c2cc2c1oc(=O)c1ccccc12. The van der Waals surface area contributed by atoms with Crippen LogP contribution in [-0.4, -0.2) is 0 Å². The molecule has 0 amide bonds. The van der Waals surface area contributed by atoms with E-state index < -0.39 is 0 Å². The summed E-state index contributed by atoms with van der Waals surface area (Å²) in [6.45, 7) is 1.94. The van der Waals surface area contributed by atoms with Crippen molar-refractivity contribution in [1.29, 1.82) is 0 Å². The Morgan fingerprint density at radius 2 is 1.45 bits per heavy atom. The van der Waals surface area contributed by atoms with Gasteiger partial charge >= 0.3 is 5.63 Å². The lowest BCUT2D eigenvalue weighted by Crippen LogP contribution is -2.00. The van der Waals surface area contributed by atoms with Crippen molar-refractivity contribution in [2.45, 2.75) is 6.92 Å². The van der Waals surface area contributed by atoms with Crippen LogP contribution in [0.15, 0.2) is 92.7 Å². The van der Waals surface area contributed by atoms with E-state index in [1.54, 1.807) is 12.3 Å². The van der Waals surface area contributed by atoms with Gasteiger partial charge in [-0.1, -0.05) is 54.6 Å². The molecule has 3 heteroatoms. The zero-order chi connectivity index (χ0) is 19.5. The van der Waals surface area contributed by atoms with Crippen molar-refractivity contribution in [3.63, 3.8) is 0 Å². The average Bonchev–Trinajstić information content (AvgIpc) is 3.19. The molecule has 29 heavy (non-hydrogen) atoms. The lowest BCUT2D eigenvalue weighted by atomic mass is 9.97. The largest absolute Gasteiger partial charge is 0.463 e. The van der Waals surface area contributed by atoms with Gasteiger partial charge in [-0.05, 0) is 46.8 Å². The molecule has 0 bridgehead atoms. The number of benzene rings is 4. The first-order valence-electron chi connectivity index (χ1n) is 9.56. The molecule has 0 radical (unpaired) electrons. The second-order valence-corrected chi connectivity index (χ2v) is 7.40. The van der Waals surface area contributed by atoms with E-state index in [0.29, 0.717) is 11.0 Å². The maximum absolute atomic E-state index is 12.4. The van der Waals surface area contributed by atoms with Crippen molar-refractivity contribution in [2.75, 3.05) is 0 Å². The Balaban J connectivity index is 1.72. The summed E-state index contributed by atoms with van der Waals surface area (Å²) in [5, 5.41) is 5.83. The van der Waals surface area contributed by atoms with Crippen LogP contribution in [0, 0.1) is 6.92 Å². The first-order valence-corrected chi connectivity index (χ1v) is 9.56. The van der Waals surface area contributed by atoms with Gasteiger partial charge in [0.25, 0.3) is 0 Å². The lowest BCUT2D eigenvalue weighted by molar-refractivity contribution is 0.564. The maximum atomic E-state index is 12.4. The number of aryl methyl sites for hydroxylation is 1. The molecule has 2 aromatic heterocycles. The van der Waals surface area contributed by atoms with E-state index in [9.17, 15) is 4.79 Å². The Morgan fingerprint density at radius 3 is 2.31 bits per heavy atom. The highest BCUT2D eigenvalue weighted by molar-refractivity contribution is 6.13. The van der Waals surface area contributed by atoms with Crippen LogP contribution in [0.25, 0.3) is 54.6 Å². The van der Waals surface area contributed by atoms with Crippen molar-refractivity contribution in [1.82, 2.24) is 0 Å². The Morgan fingerprint density at radius 1 is 0.690 bits per heavy atom. The normalized spacial score (nSPS) is 11.8. The Hall–Kier alpha value is -3.85. The Kier molecular flexibility index (Phi) is 3.24. The van der Waals surface area contributed by atoms with E-state index >= 15 is 0 Å². The molecule has 0 spiro atoms. The molecular weight excluding hydrogens is 360 g/mol. The van der Waals surface area contributed by atoms with Crippen LogP contribution in [0.4, 0.5) is 0 Å². The van der Waals surface area contributed by atoms with Gasteiger partial charge in [0, 0.05) is 21.9 Å². The standard InChI is InChI=1S/C26H16O3/c1-15-24-22(13-21-19-8-4-5-9-20(19)26(27)29-25(15)21)23(14-28-24)18-11-10-16-6-2-3-7-17(16)12-18/h2-14H,1H3. The number of fused-ring (bicyclic) bond motifs is 5. The average molecular weight is 376 g/mol. The molecule has 0 aliphatic carbocycles. The third kappa shape index (κ3) is 2.28. The molecule has 0 unspecified atom stereocenters. The molecule has 0 saturated carbocycles. The minimum Gasteiger partial charge on any atom is -0.463 e. The van der Waals surface area contributed by atoms with Crippen LogP contribution >= 0.6 is 0 Å². The fraction of sp³-hybridized carbons (Fsp3) is 0.0385. The number of rotatable bonds is 1. The molecule has 3 nitrogen and oxygen atoms in total. The summed E-state index contributed by atoms with van der Waals surface area (Å²) in [7, 11) is 0. The summed E-state index contributed by atoms with van der Waals surface area (Å²) in [6, 6.07) is 24.4. The minimum atomic E-state index is -0.322. The summed E-state index contributed by atoms with van der Waals surface area (Å²) < 4.78 is 11.6. The third-order valence-corrected chi connectivity index (χ3v) is 5.74. The summed E-state index contributed by atoms with van der Waals surface area (Å²) in [6.07, 6.45) is 1.79. The van der Waals surface area contributed by atoms with Crippen molar-refractivity contribution < 1.29 is 8.83 Å². The summed E-state index contributed by atoms with van der Waals surface area (Å²) in [4.78, 5) is 12.4. The van der Waals surface area contributed by atoms with Gasteiger partial charge in [-0.25, -0.2) is 4.79 Å². The Labute approximate surface area is 165 Å². The van der Waals surface area contributed by atoms with Crippen molar-refractivity contribution in [3.05, 3.63) is 95.0 Å². The first-order chi connectivity index (χ1) is 14.2. The Bertz CT molecular complexity index is 1630. The van der Waals surface area contributed by atoms with E-state index in [4.69, 9.17) is 8.83 Å². The van der Waals surface area contributed by atoms with Gasteiger partial charge in [-0.15, -0.1) is 0 Å². The number of hydrogen-bond acceptors (Lipinski definition) is 3. The predicted molar refractivity (Wildman–Crippen MR) is 117 cm³/mol. The van der Waals surface area contributed by atoms with Crippen LogP contribution in [0.2, 0.25) is 0 Å². The van der Waals surface area contributed by atoms with Gasteiger partial charge in [-0.3, -0.25) is 0 Å². The van der Waals surface area contributed by atoms with Crippen LogP contribution in [0.1, 0.15) is 5.56 Å². The van der Waals surface area contributed by atoms with Gasteiger partial charge in [0.05, 0.1) is 11.6 Å². The van der Waals surface area contributed by atoms with Crippen LogP contribution in [-0.2, 0) is 0 Å². The second kappa shape index (κ2) is 5.82. The lowest BCUT2D eigenvalue weighted by Gasteiger charge is -2.07.